The Hall–Kier alpha value is -1.49. The molecule has 0 atom stereocenters. The molecular formula is C10H4ClF3O2. The second-order valence-electron chi connectivity index (χ2n) is 3.13. The Morgan fingerprint density at radius 3 is 2.50 bits per heavy atom. The van der Waals surface area contributed by atoms with E-state index in [9.17, 15) is 18.0 Å². The lowest BCUT2D eigenvalue weighted by molar-refractivity contribution is -0.137. The molecule has 0 N–H and O–H groups in total. The van der Waals surface area contributed by atoms with Gasteiger partial charge in [-0.25, -0.2) is 4.79 Å². The Balaban J connectivity index is 2.86. The lowest BCUT2D eigenvalue weighted by Crippen LogP contribution is -2.07. The van der Waals surface area contributed by atoms with Crippen LogP contribution in [0.15, 0.2) is 33.7 Å². The molecule has 1 aromatic heterocycles. The van der Waals surface area contributed by atoms with Crippen molar-refractivity contribution >= 4 is 22.4 Å². The fraction of sp³-hybridized carbons (Fsp3) is 0.100. The molecule has 1 aromatic carbocycles. The lowest BCUT2D eigenvalue weighted by atomic mass is 10.1. The summed E-state index contributed by atoms with van der Waals surface area (Å²) in [5.41, 5.74) is -1.81. The van der Waals surface area contributed by atoms with Crippen LogP contribution in [0.4, 0.5) is 13.2 Å². The zero-order chi connectivity index (χ0) is 11.9. The molecule has 16 heavy (non-hydrogen) atoms. The molecule has 2 aromatic rings. The van der Waals surface area contributed by atoms with Crippen LogP contribution in [-0.4, -0.2) is 0 Å². The fourth-order valence-corrected chi connectivity index (χ4v) is 1.63. The molecule has 0 bridgehead atoms. The van der Waals surface area contributed by atoms with Gasteiger partial charge in [0.2, 0.25) is 0 Å². The van der Waals surface area contributed by atoms with Gasteiger partial charge < -0.3 is 4.42 Å². The van der Waals surface area contributed by atoms with Gasteiger partial charge in [0.1, 0.15) is 0 Å². The van der Waals surface area contributed by atoms with Gasteiger partial charge in [-0.3, -0.25) is 0 Å². The van der Waals surface area contributed by atoms with E-state index in [1.807, 2.05) is 0 Å². The molecule has 0 radical (unpaired) electrons. The van der Waals surface area contributed by atoms with Crippen LogP contribution in [0, 0.1) is 0 Å². The minimum atomic E-state index is -4.54. The van der Waals surface area contributed by atoms with Crippen LogP contribution >= 0.6 is 11.6 Å². The normalized spacial score (nSPS) is 12.0. The van der Waals surface area contributed by atoms with Crippen molar-refractivity contribution in [2.24, 2.45) is 0 Å². The third-order valence-corrected chi connectivity index (χ3v) is 2.40. The van der Waals surface area contributed by atoms with Crippen molar-refractivity contribution in [2.75, 3.05) is 0 Å². The average Bonchev–Trinajstić information content (AvgIpc) is 2.18. The average molecular weight is 249 g/mol. The maximum absolute atomic E-state index is 12.4. The summed E-state index contributed by atoms with van der Waals surface area (Å²) in [6.45, 7) is 0. The first-order valence-electron chi connectivity index (χ1n) is 4.18. The number of rotatable bonds is 0. The number of halogens is 4. The first-order chi connectivity index (χ1) is 7.39. The smallest absolute Gasteiger partial charge is 0.416 e. The van der Waals surface area contributed by atoms with E-state index in [1.54, 1.807) is 0 Å². The molecule has 0 saturated carbocycles. The molecule has 0 unspecified atom stereocenters. The predicted octanol–water partition coefficient (Wildman–Crippen LogP) is 3.47. The van der Waals surface area contributed by atoms with E-state index in [-0.39, 0.29) is 15.8 Å². The van der Waals surface area contributed by atoms with Gasteiger partial charge >= 0.3 is 11.8 Å². The summed E-state index contributed by atoms with van der Waals surface area (Å²) in [6.07, 6.45) is -3.45. The first-order valence-corrected chi connectivity index (χ1v) is 4.55. The standard InChI is InChI=1S/C10H4ClF3O2/c11-8-4-5(10(12,13)14)3-7-6(8)1-2-16-9(7)15/h1-4H. The van der Waals surface area contributed by atoms with Crippen molar-refractivity contribution in [3.8, 4) is 0 Å². The highest BCUT2D eigenvalue weighted by Crippen LogP contribution is 2.34. The van der Waals surface area contributed by atoms with Crippen molar-refractivity contribution in [1.29, 1.82) is 0 Å². The van der Waals surface area contributed by atoms with Gasteiger partial charge in [-0.05, 0) is 18.2 Å². The summed E-state index contributed by atoms with van der Waals surface area (Å²) >= 11 is 5.66. The van der Waals surface area contributed by atoms with Crippen LogP contribution < -0.4 is 5.63 Å². The highest BCUT2D eigenvalue weighted by molar-refractivity contribution is 6.35. The maximum atomic E-state index is 12.4. The molecule has 2 rings (SSSR count). The molecular weight excluding hydrogens is 245 g/mol. The molecule has 0 saturated heterocycles. The molecule has 0 aliphatic heterocycles. The summed E-state index contributed by atoms with van der Waals surface area (Å²) in [6, 6.07) is 2.86. The van der Waals surface area contributed by atoms with Crippen LogP contribution in [0.5, 0.6) is 0 Å². The summed E-state index contributed by atoms with van der Waals surface area (Å²) in [5, 5.41) is -0.0639. The van der Waals surface area contributed by atoms with Crippen molar-refractivity contribution in [1.82, 2.24) is 0 Å². The van der Waals surface area contributed by atoms with Gasteiger partial charge in [0, 0.05) is 10.4 Å². The van der Waals surface area contributed by atoms with Crippen molar-refractivity contribution in [2.45, 2.75) is 6.18 Å². The van der Waals surface area contributed by atoms with Crippen LogP contribution in [0.1, 0.15) is 5.56 Å². The largest absolute Gasteiger partial charge is 0.431 e. The van der Waals surface area contributed by atoms with Gasteiger partial charge in [-0.1, -0.05) is 11.6 Å². The highest BCUT2D eigenvalue weighted by Gasteiger charge is 2.31. The zero-order valence-electron chi connectivity index (χ0n) is 7.64. The van der Waals surface area contributed by atoms with E-state index in [1.165, 1.54) is 6.07 Å². The molecule has 0 fully saturated rings. The number of alkyl halides is 3. The van der Waals surface area contributed by atoms with E-state index >= 15 is 0 Å². The second kappa shape index (κ2) is 3.52. The summed E-state index contributed by atoms with van der Waals surface area (Å²) < 4.78 is 41.8. The van der Waals surface area contributed by atoms with Gasteiger partial charge in [0.15, 0.2) is 0 Å². The van der Waals surface area contributed by atoms with E-state index in [0.29, 0.717) is 0 Å². The fourth-order valence-electron chi connectivity index (χ4n) is 1.35. The SMILES string of the molecule is O=c1occc2c(Cl)cc(C(F)(F)F)cc12. The van der Waals surface area contributed by atoms with Gasteiger partial charge in [0.05, 0.1) is 17.2 Å². The third kappa shape index (κ3) is 1.78. The first kappa shape index (κ1) is 11.0. The molecule has 6 heteroatoms. The molecule has 2 nitrogen and oxygen atoms in total. The minimum absolute atomic E-state index is 0.127. The van der Waals surface area contributed by atoms with Crippen LogP contribution in [0.2, 0.25) is 5.02 Å². The molecule has 0 aliphatic rings. The van der Waals surface area contributed by atoms with Gasteiger partial charge in [-0.15, -0.1) is 0 Å². The van der Waals surface area contributed by atoms with E-state index in [0.717, 1.165) is 18.4 Å². The Bertz CT molecular complexity index is 601. The summed E-state index contributed by atoms with van der Waals surface area (Å²) in [4.78, 5) is 11.2. The summed E-state index contributed by atoms with van der Waals surface area (Å²) in [7, 11) is 0. The maximum Gasteiger partial charge on any atom is 0.416 e. The monoisotopic (exact) mass is 248 g/mol. The minimum Gasteiger partial charge on any atom is -0.431 e. The Morgan fingerprint density at radius 1 is 1.19 bits per heavy atom. The second-order valence-corrected chi connectivity index (χ2v) is 3.53. The van der Waals surface area contributed by atoms with Gasteiger partial charge in [-0.2, -0.15) is 13.2 Å². The zero-order valence-corrected chi connectivity index (χ0v) is 8.39. The van der Waals surface area contributed by atoms with Crippen molar-refractivity contribution in [3.05, 3.63) is 45.5 Å². The molecule has 0 spiro atoms. The number of hydrogen-bond acceptors (Lipinski definition) is 2. The number of fused-ring (bicyclic) bond motifs is 1. The summed E-state index contributed by atoms with van der Waals surface area (Å²) in [5.74, 6) is 0. The highest BCUT2D eigenvalue weighted by atomic mass is 35.5. The van der Waals surface area contributed by atoms with E-state index in [2.05, 4.69) is 4.42 Å². The Labute approximate surface area is 92.2 Å². The van der Waals surface area contributed by atoms with E-state index in [4.69, 9.17) is 11.6 Å². The van der Waals surface area contributed by atoms with Crippen LogP contribution in [0.25, 0.3) is 10.8 Å². The Morgan fingerprint density at radius 2 is 1.88 bits per heavy atom. The van der Waals surface area contributed by atoms with Crippen molar-refractivity contribution < 1.29 is 17.6 Å². The van der Waals surface area contributed by atoms with Crippen LogP contribution in [0.3, 0.4) is 0 Å². The van der Waals surface area contributed by atoms with E-state index < -0.39 is 17.4 Å². The van der Waals surface area contributed by atoms with Crippen LogP contribution in [-0.2, 0) is 6.18 Å². The lowest BCUT2D eigenvalue weighted by Gasteiger charge is -2.08. The van der Waals surface area contributed by atoms with Gasteiger partial charge in [0.25, 0.3) is 0 Å². The third-order valence-electron chi connectivity index (χ3n) is 2.09. The molecule has 84 valence electrons. The molecule has 1 heterocycles. The Kier molecular flexibility index (Phi) is 2.42. The number of hydrogen-bond donors (Lipinski definition) is 0. The van der Waals surface area contributed by atoms with Crippen molar-refractivity contribution in [3.63, 3.8) is 0 Å². The topological polar surface area (TPSA) is 30.2 Å². The number of benzene rings is 1. The molecule has 0 amide bonds. The predicted molar refractivity (Wildman–Crippen MR) is 52.5 cm³/mol. The quantitative estimate of drug-likeness (QED) is 0.715. The molecule has 0 aliphatic carbocycles.